The van der Waals surface area contributed by atoms with E-state index in [1.54, 1.807) is 0 Å². The van der Waals surface area contributed by atoms with Crippen molar-refractivity contribution in [3.63, 3.8) is 0 Å². The van der Waals surface area contributed by atoms with Crippen molar-refractivity contribution in [3.8, 4) is 0 Å². The van der Waals surface area contributed by atoms with Crippen molar-refractivity contribution < 1.29 is 4.79 Å². The van der Waals surface area contributed by atoms with Crippen LogP contribution in [-0.2, 0) is 11.2 Å². The highest BCUT2D eigenvalue weighted by Crippen LogP contribution is 2.25. The fourth-order valence-electron chi connectivity index (χ4n) is 3.65. The predicted octanol–water partition coefficient (Wildman–Crippen LogP) is 3.52. The molecule has 1 saturated heterocycles. The van der Waals surface area contributed by atoms with Gasteiger partial charge in [0.2, 0.25) is 5.91 Å². The molecule has 2 N–H and O–H groups in total. The summed E-state index contributed by atoms with van der Waals surface area (Å²) in [4.78, 5) is 12.7. The van der Waals surface area contributed by atoms with Crippen LogP contribution < -0.4 is 10.6 Å². The number of carbonyl (C=O) groups is 1. The molecular weight excluding hydrogens is 308 g/mol. The third-order valence-electron chi connectivity index (χ3n) is 5.16. The maximum absolute atomic E-state index is 12.7. The average Bonchev–Trinajstić information content (AvgIpc) is 2.65. The van der Waals surface area contributed by atoms with Crippen molar-refractivity contribution in [2.24, 2.45) is 5.92 Å². The van der Waals surface area contributed by atoms with E-state index in [9.17, 15) is 4.79 Å². The standard InChI is InChI=1S/C22H28N2O/c1-17-16-23-13-12-21(17)24-22(25)15-20(19-10-6-3-7-11-19)14-18-8-4-2-5-9-18/h2-11,17,20-21,23H,12-16H2,1H3,(H,24,25). The molecule has 25 heavy (non-hydrogen) atoms. The maximum Gasteiger partial charge on any atom is 0.220 e. The molecule has 2 aromatic rings. The van der Waals surface area contributed by atoms with Crippen LogP contribution >= 0.6 is 0 Å². The Balaban J connectivity index is 1.67. The summed E-state index contributed by atoms with van der Waals surface area (Å²) in [5.74, 6) is 0.867. The average molecular weight is 336 g/mol. The molecule has 0 aliphatic carbocycles. The van der Waals surface area contributed by atoms with Crippen LogP contribution in [-0.4, -0.2) is 25.0 Å². The van der Waals surface area contributed by atoms with Gasteiger partial charge in [-0.05, 0) is 48.9 Å². The van der Waals surface area contributed by atoms with Crippen LogP contribution in [0.3, 0.4) is 0 Å². The lowest BCUT2D eigenvalue weighted by Crippen LogP contribution is -2.48. The molecule has 0 saturated carbocycles. The molecule has 0 aromatic heterocycles. The summed E-state index contributed by atoms with van der Waals surface area (Å²) >= 11 is 0. The third-order valence-corrected chi connectivity index (χ3v) is 5.16. The van der Waals surface area contributed by atoms with Crippen LogP contribution in [0.2, 0.25) is 0 Å². The van der Waals surface area contributed by atoms with Gasteiger partial charge in [0.25, 0.3) is 0 Å². The molecule has 1 aliphatic rings. The van der Waals surface area contributed by atoms with Gasteiger partial charge in [0, 0.05) is 12.5 Å². The zero-order chi connectivity index (χ0) is 17.5. The van der Waals surface area contributed by atoms with Crippen LogP contribution in [0.15, 0.2) is 60.7 Å². The molecule has 0 spiro atoms. The minimum Gasteiger partial charge on any atom is -0.353 e. The Morgan fingerprint density at radius 3 is 2.48 bits per heavy atom. The number of benzene rings is 2. The lowest BCUT2D eigenvalue weighted by atomic mass is 9.88. The van der Waals surface area contributed by atoms with E-state index in [-0.39, 0.29) is 11.8 Å². The first-order chi connectivity index (χ1) is 12.2. The van der Waals surface area contributed by atoms with Crippen molar-refractivity contribution in [3.05, 3.63) is 71.8 Å². The highest BCUT2D eigenvalue weighted by Gasteiger charge is 2.24. The number of hydrogen-bond acceptors (Lipinski definition) is 2. The van der Waals surface area contributed by atoms with Gasteiger partial charge in [-0.15, -0.1) is 0 Å². The van der Waals surface area contributed by atoms with Crippen LogP contribution in [0.5, 0.6) is 0 Å². The molecule has 1 aliphatic heterocycles. The van der Waals surface area contributed by atoms with Crippen LogP contribution in [0.25, 0.3) is 0 Å². The predicted molar refractivity (Wildman–Crippen MR) is 103 cm³/mol. The van der Waals surface area contributed by atoms with Crippen LogP contribution in [0, 0.1) is 5.92 Å². The monoisotopic (exact) mass is 336 g/mol. The van der Waals surface area contributed by atoms with Gasteiger partial charge in [-0.3, -0.25) is 4.79 Å². The van der Waals surface area contributed by atoms with E-state index in [0.717, 1.165) is 25.9 Å². The maximum atomic E-state index is 12.7. The van der Waals surface area contributed by atoms with Crippen LogP contribution in [0.1, 0.15) is 36.8 Å². The van der Waals surface area contributed by atoms with E-state index >= 15 is 0 Å². The molecule has 3 unspecified atom stereocenters. The Hall–Kier alpha value is -2.13. The Kier molecular flexibility index (Phi) is 6.24. The summed E-state index contributed by atoms with van der Waals surface area (Å²) < 4.78 is 0. The van der Waals surface area contributed by atoms with E-state index in [2.05, 4.69) is 66.1 Å². The van der Waals surface area contributed by atoms with Crippen molar-refractivity contribution in [2.75, 3.05) is 13.1 Å². The Bertz CT molecular complexity index is 656. The molecule has 3 heteroatoms. The van der Waals surface area contributed by atoms with Gasteiger partial charge in [0.15, 0.2) is 0 Å². The first-order valence-corrected chi connectivity index (χ1v) is 9.31. The number of amides is 1. The lowest BCUT2D eigenvalue weighted by molar-refractivity contribution is -0.122. The second-order valence-corrected chi connectivity index (χ2v) is 7.15. The Labute approximate surface area is 150 Å². The first-order valence-electron chi connectivity index (χ1n) is 9.31. The molecule has 0 bridgehead atoms. The van der Waals surface area contributed by atoms with Gasteiger partial charge in [-0.2, -0.15) is 0 Å². The van der Waals surface area contributed by atoms with E-state index in [4.69, 9.17) is 0 Å². The summed E-state index contributed by atoms with van der Waals surface area (Å²) in [5, 5.41) is 6.66. The molecule has 1 heterocycles. The quantitative estimate of drug-likeness (QED) is 0.847. The number of carbonyl (C=O) groups excluding carboxylic acids is 1. The normalized spacial score (nSPS) is 21.5. The van der Waals surface area contributed by atoms with Gasteiger partial charge < -0.3 is 10.6 Å². The van der Waals surface area contributed by atoms with Gasteiger partial charge >= 0.3 is 0 Å². The first kappa shape index (κ1) is 17.7. The molecule has 3 rings (SSSR count). The van der Waals surface area contributed by atoms with Crippen molar-refractivity contribution >= 4 is 5.91 Å². The van der Waals surface area contributed by atoms with Gasteiger partial charge in [-0.25, -0.2) is 0 Å². The molecule has 3 atom stereocenters. The van der Waals surface area contributed by atoms with Crippen molar-refractivity contribution in [2.45, 2.75) is 38.1 Å². The molecule has 132 valence electrons. The van der Waals surface area contributed by atoms with Crippen molar-refractivity contribution in [1.82, 2.24) is 10.6 Å². The zero-order valence-electron chi connectivity index (χ0n) is 14.9. The minimum atomic E-state index is 0.170. The van der Waals surface area contributed by atoms with Gasteiger partial charge in [0.1, 0.15) is 0 Å². The second kappa shape index (κ2) is 8.82. The largest absolute Gasteiger partial charge is 0.353 e. The summed E-state index contributed by atoms with van der Waals surface area (Å²) in [6.07, 6.45) is 2.44. The van der Waals surface area contributed by atoms with E-state index in [0.29, 0.717) is 18.4 Å². The molecule has 1 fully saturated rings. The third kappa shape index (κ3) is 5.17. The van der Waals surface area contributed by atoms with E-state index < -0.39 is 0 Å². The molecule has 1 amide bonds. The SMILES string of the molecule is CC1CNCCC1NC(=O)CC(Cc1ccccc1)c1ccccc1. The van der Waals surface area contributed by atoms with Gasteiger partial charge in [0.05, 0.1) is 0 Å². The molecule has 3 nitrogen and oxygen atoms in total. The topological polar surface area (TPSA) is 41.1 Å². The number of rotatable bonds is 6. The summed E-state index contributed by atoms with van der Waals surface area (Å²) in [5.41, 5.74) is 2.51. The zero-order valence-corrected chi connectivity index (χ0v) is 14.9. The number of hydrogen-bond donors (Lipinski definition) is 2. The summed E-state index contributed by atoms with van der Waals surface area (Å²) in [7, 11) is 0. The van der Waals surface area contributed by atoms with Crippen molar-refractivity contribution in [1.29, 1.82) is 0 Å². The lowest BCUT2D eigenvalue weighted by Gasteiger charge is -2.30. The van der Waals surface area contributed by atoms with E-state index in [1.807, 2.05) is 12.1 Å². The molecular formula is C22H28N2O. The fourth-order valence-corrected chi connectivity index (χ4v) is 3.65. The highest BCUT2D eigenvalue weighted by atomic mass is 16.1. The van der Waals surface area contributed by atoms with E-state index in [1.165, 1.54) is 11.1 Å². The second-order valence-electron chi connectivity index (χ2n) is 7.15. The minimum absolute atomic E-state index is 0.170. The fraction of sp³-hybridized carbons (Fsp3) is 0.409. The van der Waals surface area contributed by atoms with Crippen LogP contribution in [0.4, 0.5) is 0 Å². The van der Waals surface area contributed by atoms with Gasteiger partial charge in [-0.1, -0.05) is 67.6 Å². The smallest absolute Gasteiger partial charge is 0.220 e. The molecule has 2 aromatic carbocycles. The molecule has 0 radical (unpaired) electrons. The number of piperidine rings is 1. The Morgan fingerprint density at radius 2 is 1.80 bits per heavy atom. The highest BCUT2D eigenvalue weighted by molar-refractivity contribution is 5.77. The summed E-state index contributed by atoms with van der Waals surface area (Å²) in [6, 6.07) is 21.1. The Morgan fingerprint density at radius 1 is 1.12 bits per heavy atom. The summed E-state index contributed by atoms with van der Waals surface area (Å²) in [6.45, 7) is 4.17. The number of nitrogens with one attached hydrogen (secondary N) is 2.